The second-order valence-electron chi connectivity index (χ2n) is 5.77. The van der Waals surface area contributed by atoms with Crippen molar-refractivity contribution in [2.75, 3.05) is 32.6 Å². The Labute approximate surface area is 153 Å². The van der Waals surface area contributed by atoms with Crippen molar-refractivity contribution in [3.05, 3.63) is 54.1 Å². The highest BCUT2D eigenvalue weighted by molar-refractivity contribution is 5.95. The number of hydrogen-bond donors (Lipinski definition) is 1. The fraction of sp³-hybridized carbons (Fsp3) is 0.300. The maximum Gasteiger partial charge on any atom is 0.260 e. The number of nitrogens with one attached hydrogen (secondary N) is 1. The van der Waals surface area contributed by atoms with Crippen LogP contribution in [0.15, 0.2) is 48.5 Å². The van der Waals surface area contributed by atoms with Gasteiger partial charge in [0.1, 0.15) is 11.5 Å². The van der Waals surface area contributed by atoms with Gasteiger partial charge in [0.2, 0.25) is 5.91 Å². The molecule has 0 unspecified atom stereocenters. The first kappa shape index (κ1) is 19.3. The summed E-state index contributed by atoms with van der Waals surface area (Å²) in [5.74, 6) is 0.754. The monoisotopic (exact) mass is 356 g/mol. The zero-order valence-electron chi connectivity index (χ0n) is 15.3. The molecule has 0 aliphatic carbocycles. The normalized spacial score (nSPS) is 10.1. The molecule has 2 aromatic carbocycles. The SMILES string of the molecule is CCc1ccccc1NC(=O)CN(C)C(=O)COc1ccc(OC)cc1. The quantitative estimate of drug-likeness (QED) is 0.790. The Hall–Kier alpha value is -3.02. The number of carbonyl (C=O) groups excluding carboxylic acids is 2. The number of likely N-dealkylation sites (N-methyl/N-ethyl adjacent to an activating group) is 1. The zero-order valence-corrected chi connectivity index (χ0v) is 15.3. The van der Waals surface area contributed by atoms with Crippen LogP contribution >= 0.6 is 0 Å². The molecule has 2 rings (SSSR count). The van der Waals surface area contributed by atoms with Gasteiger partial charge in [0.15, 0.2) is 6.61 Å². The number of carbonyl (C=O) groups is 2. The molecule has 26 heavy (non-hydrogen) atoms. The Morgan fingerprint density at radius 3 is 2.35 bits per heavy atom. The van der Waals surface area contributed by atoms with Crippen molar-refractivity contribution in [3.63, 3.8) is 0 Å². The largest absolute Gasteiger partial charge is 0.497 e. The summed E-state index contributed by atoms with van der Waals surface area (Å²) >= 11 is 0. The van der Waals surface area contributed by atoms with Crippen molar-refractivity contribution in [3.8, 4) is 11.5 Å². The molecule has 0 aromatic heterocycles. The molecule has 2 amide bonds. The van der Waals surface area contributed by atoms with E-state index in [1.54, 1.807) is 38.4 Å². The number of hydrogen-bond acceptors (Lipinski definition) is 4. The van der Waals surface area contributed by atoms with Gasteiger partial charge in [0, 0.05) is 12.7 Å². The third-order valence-electron chi connectivity index (χ3n) is 3.90. The van der Waals surface area contributed by atoms with Crippen LogP contribution in [0.1, 0.15) is 12.5 Å². The van der Waals surface area contributed by atoms with Crippen molar-refractivity contribution >= 4 is 17.5 Å². The van der Waals surface area contributed by atoms with E-state index in [9.17, 15) is 9.59 Å². The summed E-state index contributed by atoms with van der Waals surface area (Å²) in [6, 6.07) is 14.6. The first-order chi connectivity index (χ1) is 12.5. The van der Waals surface area contributed by atoms with E-state index in [1.807, 2.05) is 31.2 Å². The Kier molecular flexibility index (Phi) is 7.02. The van der Waals surface area contributed by atoms with Crippen LogP contribution in [0.4, 0.5) is 5.69 Å². The van der Waals surface area contributed by atoms with E-state index in [4.69, 9.17) is 9.47 Å². The summed E-state index contributed by atoms with van der Waals surface area (Å²) in [6.07, 6.45) is 0.820. The van der Waals surface area contributed by atoms with Crippen molar-refractivity contribution in [2.45, 2.75) is 13.3 Å². The Bertz CT molecular complexity index is 744. The van der Waals surface area contributed by atoms with Gasteiger partial charge < -0.3 is 19.7 Å². The summed E-state index contributed by atoms with van der Waals surface area (Å²) in [5, 5.41) is 2.85. The summed E-state index contributed by atoms with van der Waals surface area (Å²) < 4.78 is 10.5. The molecule has 0 aliphatic heterocycles. The fourth-order valence-electron chi connectivity index (χ4n) is 2.37. The van der Waals surface area contributed by atoms with Crippen molar-refractivity contribution in [1.29, 1.82) is 0 Å². The van der Waals surface area contributed by atoms with E-state index >= 15 is 0 Å². The highest BCUT2D eigenvalue weighted by Gasteiger charge is 2.14. The molecule has 0 saturated heterocycles. The minimum Gasteiger partial charge on any atom is -0.497 e. The molecular weight excluding hydrogens is 332 g/mol. The number of ether oxygens (including phenoxy) is 2. The first-order valence-corrected chi connectivity index (χ1v) is 8.42. The molecule has 138 valence electrons. The maximum atomic E-state index is 12.2. The van der Waals surface area contributed by atoms with Gasteiger partial charge in [-0.3, -0.25) is 9.59 Å². The molecule has 0 aliphatic rings. The predicted octanol–water partition coefficient (Wildman–Crippen LogP) is 2.73. The molecule has 0 atom stereocenters. The lowest BCUT2D eigenvalue weighted by molar-refractivity contribution is -0.135. The van der Waals surface area contributed by atoms with Crippen LogP contribution in [0.3, 0.4) is 0 Å². The van der Waals surface area contributed by atoms with Crippen LogP contribution in [-0.4, -0.2) is 44.0 Å². The number of methoxy groups -OCH3 is 1. The number of aryl methyl sites for hydroxylation is 1. The topological polar surface area (TPSA) is 67.9 Å². The third kappa shape index (κ3) is 5.51. The van der Waals surface area contributed by atoms with E-state index in [-0.39, 0.29) is 25.0 Å². The third-order valence-corrected chi connectivity index (χ3v) is 3.90. The lowest BCUT2D eigenvalue weighted by atomic mass is 10.1. The second kappa shape index (κ2) is 9.46. The molecule has 6 heteroatoms. The van der Waals surface area contributed by atoms with E-state index in [2.05, 4.69) is 5.32 Å². The van der Waals surface area contributed by atoms with Crippen LogP contribution in [0.5, 0.6) is 11.5 Å². The maximum absolute atomic E-state index is 12.2. The summed E-state index contributed by atoms with van der Waals surface area (Å²) in [5.41, 5.74) is 1.83. The number of rotatable bonds is 8. The fourth-order valence-corrected chi connectivity index (χ4v) is 2.37. The average Bonchev–Trinajstić information content (AvgIpc) is 2.66. The minimum atomic E-state index is -0.278. The molecule has 0 spiro atoms. The smallest absolute Gasteiger partial charge is 0.260 e. The first-order valence-electron chi connectivity index (χ1n) is 8.42. The molecule has 0 radical (unpaired) electrons. The van der Waals surface area contributed by atoms with Crippen LogP contribution in [0, 0.1) is 0 Å². The lowest BCUT2D eigenvalue weighted by Gasteiger charge is -2.18. The molecule has 1 N–H and O–H groups in total. The van der Waals surface area contributed by atoms with Gasteiger partial charge in [-0.2, -0.15) is 0 Å². The number of benzene rings is 2. The summed E-state index contributed by atoms with van der Waals surface area (Å²) in [7, 11) is 3.16. The standard InChI is InChI=1S/C20H24N2O4/c1-4-15-7-5-6-8-18(15)21-19(23)13-22(2)20(24)14-26-17-11-9-16(25-3)10-12-17/h5-12H,4,13-14H2,1-3H3,(H,21,23). The summed E-state index contributed by atoms with van der Waals surface area (Å²) in [6.45, 7) is 1.85. The van der Waals surface area contributed by atoms with Crippen LogP contribution < -0.4 is 14.8 Å². The lowest BCUT2D eigenvalue weighted by Crippen LogP contribution is -2.37. The van der Waals surface area contributed by atoms with Gasteiger partial charge in [-0.05, 0) is 42.3 Å². The Morgan fingerprint density at radius 2 is 1.69 bits per heavy atom. The van der Waals surface area contributed by atoms with Crippen molar-refractivity contribution in [1.82, 2.24) is 4.90 Å². The Balaban J connectivity index is 1.82. The molecule has 2 aromatic rings. The zero-order chi connectivity index (χ0) is 18.9. The van der Waals surface area contributed by atoms with Crippen LogP contribution in [-0.2, 0) is 16.0 Å². The predicted molar refractivity (Wildman–Crippen MR) is 101 cm³/mol. The number of nitrogens with zero attached hydrogens (tertiary/aromatic N) is 1. The second-order valence-corrected chi connectivity index (χ2v) is 5.77. The van der Waals surface area contributed by atoms with Crippen LogP contribution in [0.25, 0.3) is 0 Å². The van der Waals surface area contributed by atoms with E-state index in [1.165, 1.54) is 4.90 Å². The van der Waals surface area contributed by atoms with Gasteiger partial charge in [0.25, 0.3) is 5.91 Å². The molecule has 0 fully saturated rings. The van der Waals surface area contributed by atoms with Crippen molar-refractivity contribution in [2.24, 2.45) is 0 Å². The number of anilines is 1. The molecule has 6 nitrogen and oxygen atoms in total. The molecule has 0 bridgehead atoms. The van der Waals surface area contributed by atoms with Gasteiger partial charge in [-0.25, -0.2) is 0 Å². The van der Waals surface area contributed by atoms with Crippen LogP contribution in [0.2, 0.25) is 0 Å². The summed E-state index contributed by atoms with van der Waals surface area (Å²) in [4.78, 5) is 25.7. The molecule has 0 saturated carbocycles. The average molecular weight is 356 g/mol. The van der Waals surface area contributed by atoms with Gasteiger partial charge >= 0.3 is 0 Å². The number of amides is 2. The molecule has 0 heterocycles. The van der Waals surface area contributed by atoms with E-state index < -0.39 is 0 Å². The Morgan fingerprint density at radius 1 is 1.04 bits per heavy atom. The van der Waals surface area contributed by atoms with E-state index in [0.717, 1.165) is 17.7 Å². The van der Waals surface area contributed by atoms with Gasteiger partial charge in [-0.1, -0.05) is 25.1 Å². The molecular formula is C20H24N2O4. The minimum absolute atomic E-state index is 0.0388. The highest BCUT2D eigenvalue weighted by Crippen LogP contribution is 2.17. The van der Waals surface area contributed by atoms with E-state index in [0.29, 0.717) is 11.5 Å². The van der Waals surface area contributed by atoms with Gasteiger partial charge in [-0.15, -0.1) is 0 Å². The number of para-hydroxylation sites is 1. The van der Waals surface area contributed by atoms with Crippen molar-refractivity contribution < 1.29 is 19.1 Å². The van der Waals surface area contributed by atoms with Gasteiger partial charge in [0.05, 0.1) is 13.7 Å². The highest BCUT2D eigenvalue weighted by atomic mass is 16.5.